The summed E-state index contributed by atoms with van der Waals surface area (Å²) in [6, 6.07) is 9.31. The molecule has 0 saturated heterocycles. The molecule has 0 bridgehead atoms. The SMILES string of the molecule is Cc1ccc([C@@H](C)NC(C)c2nccs2)cc1. The fourth-order valence-corrected chi connectivity index (χ4v) is 2.50. The summed E-state index contributed by atoms with van der Waals surface area (Å²) in [6.45, 7) is 6.46. The molecule has 0 aliphatic heterocycles. The highest BCUT2D eigenvalue weighted by Gasteiger charge is 2.12. The maximum absolute atomic E-state index is 4.33. The van der Waals surface area contributed by atoms with E-state index in [1.807, 2.05) is 11.6 Å². The lowest BCUT2D eigenvalue weighted by Crippen LogP contribution is -2.22. The number of hydrogen-bond acceptors (Lipinski definition) is 3. The van der Waals surface area contributed by atoms with E-state index in [0.29, 0.717) is 12.1 Å². The number of hydrogen-bond donors (Lipinski definition) is 1. The zero-order chi connectivity index (χ0) is 12.3. The molecular formula is C14H18N2S. The molecule has 1 aromatic carbocycles. The minimum absolute atomic E-state index is 0.298. The Morgan fingerprint density at radius 1 is 1.12 bits per heavy atom. The van der Waals surface area contributed by atoms with E-state index in [0.717, 1.165) is 5.01 Å². The maximum atomic E-state index is 4.33. The number of aromatic nitrogens is 1. The minimum Gasteiger partial charge on any atom is -0.302 e. The Labute approximate surface area is 107 Å². The maximum Gasteiger partial charge on any atom is 0.109 e. The molecule has 0 saturated carbocycles. The molecule has 1 aromatic heterocycles. The molecule has 0 aliphatic carbocycles. The predicted octanol–water partition coefficient (Wildman–Crippen LogP) is 3.86. The van der Waals surface area contributed by atoms with Gasteiger partial charge in [-0.3, -0.25) is 0 Å². The van der Waals surface area contributed by atoms with E-state index in [4.69, 9.17) is 0 Å². The monoisotopic (exact) mass is 246 g/mol. The van der Waals surface area contributed by atoms with Gasteiger partial charge in [-0.2, -0.15) is 0 Å². The van der Waals surface area contributed by atoms with Crippen molar-refractivity contribution in [1.29, 1.82) is 0 Å². The summed E-state index contributed by atoms with van der Waals surface area (Å²) in [4.78, 5) is 4.33. The summed E-state index contributed by atoms with van der Waals surface area (Å²) in [6.07, 6.45) is 1.86. The first-order valence-electron chi connectivity index (χ1n) is 5.89. The summed E-state index contributed by atoms with van der Waals surface area (Å²) in [7, 11) is 0. The molecule has 0 amide bonds. The van der Waals surface area contributed by atoms with Crippen LogP contribution in [0.2, 0.25) is 0 Å². The van der Waals surface area contributed by atoms with Gasteiger partial charge in [-0.25, -0.2) is 4.98 Å². The standard InChI is InChI=1S/C14H18N2S/c1-10-4-6-13(7-5-10)11(2)16-12(3)14-15-8-9-17-14/h4-9,11-12,16H,1-3H3/t11-,12?/m1/s1. The average molecular weight is 246 g/mol. The van der Waals surface area contributed by atoms with Crippen molar-refractivity contribution in [2.24, 2.45) is 0 Å². The topological polar surface area (TPSA) is 24.9 Å². The molecule has 0 fully saturated rings. The summed E-state index contributed by atoms with van der Waals surface area (Å²) in [5.74, 6) is 0. The molecule has 90 valence electrons. The Balaban J connectivity index is 2.01. The summed E-state index contributed by atoms with van der Waals surface area (Å²) in [5, 5.41) is 6.73. The van der Waals surface area contributed by atoms with Gasteiger partial charge in [-0.05, 0) is 26.3 Å². The second kappa shape index (κ2) is 5.43. The normalized spacial score (nSPS) is 14.5. The van der Waals surface area contributed by atoms with E-state index in [1.165, 1.54) is 11.1 Å². The van der Waals surface area contributed by atoms with Crippen molar-refractivity contribution in [2.45, 2.75) is 32.9 Å². The first-order valence-corrected chi connectivity index (χ1v) is 6.77. The molecule has 2 nitrogen and oxygen atoms in total. The second-order valence-corrected chi connectivity index (χ2v) is 5.32. The average Bonchev–Trinajstić information content (AvgIpc) is 2.83. The third-order valence-corrected chi connectivity index (χ3v) is 3.86. The lowest BCUT2D eigenvalue weighted by Gasteiger charge is -2.19. The summed E-state index contributed by atoms with van der Waals surface area (Å²) < 4.78 is 0. The van der Waals surface area contributed by atoms with Gasteiger partial charge >= 0.3 is 0 Å². The van der Waals surface area contributed by atoms with Gasteiger partial charge in [0, 0.05) is 17.6 Å². The van der Waals surface area contributed by atoms with Gasteiger partial charge in [0.25, 0.3) is 0 Å². The highest BCUT2D eigenvalue weighted by molar-refractivity contribution is 7.09. The van der Waals surface area contributed by atoms with Crippen LogP contribution in [-0.4, -0.2) is 4.98 Å². The van der Waals surface area contributed by atoms with Gasteiger partial charge in [-0.1, -0.05) is 29.8 Å². The van der Waals surface area contributed by atoms with E-state index in [-0.39, 0.29) is 0 Å². The molecule has 1 heterocycles. The second-order valence-electron chi connectivity index (χ2n) is 4.39. The van der Waals surface area contributed by atoms with Crippen molar-refractivity contribution in [1.82, 2.24) is 10.3 Å². The first kappa shape index (κ1) is 12.3. The molecule has 2 atom stereocenters. The van der Waals surface area contributed by atoms with Crippen LogP contribution in [0.4, 0.5) is 0 Å². The van der Waals surface area contributed by atoms with Crippen molar-refractivity contribution < 1.29 is 0 Å². The quantitative estimate of drug-likeness (QED) is 0.886. The van der Waals surface area contributed by atoms with Crippen LogP contribution >= 0.6 is 11.3 Å². The van der Waals surface area contributed by atoms with Crippen LogP contribution < -0.4 is 5.32 Å². The number of benzene rings is 1. The predicted molar refractivity (Wildman–Crippen MR) is 73.3 cm³/mol. The number of aryl methyl sites for hydroxylation is 1. The lowest BCUT2D eigenvalue weighted by atomic mass is 10.1. The molecule has 2 aromatic rings. The van der Waals surface area contributed by atoms with Crippen molar-refractivity contribution in [3.8, 4) is 0 Å². The highest BCUT2D eigenvalue weighted by Crippen LogP contribution is 2.20. The number of rotatable bonds is 4. The molecule has 17 heavy (non-hydrogen) atoms. The Morgan fingerprint density at radius 3 is 2.41 bits per heavy atom. The van der Waals surface area contributed by atoms with Crippen molar-refractivity contribution in [2.75, 3.05) is 0 Å². The number of thiazole rings is 1. The fraction of sp³-hybridized carbons (Fsp3) is 0.357. The Bertz CT molecular complexity index is 448. The van der Waals surface area contributed by atoms with Crippen molar-refractivity contribution in [3.63, 3.8) is 0 Å². The van der Waals surface area contributed by atoms with Crippen LogP contribution in [0.3, 0.4) is 0 Å². The van der Waals surface area contributed by atoms with Crippen LogP contribution in [0.5, 0.6) is 0 Å². The minimum atomic E-state index is 0.298. The fourth-order valence-electron chi connectivity index (χ4n) is 1.85. The molecule has 0 radical (unpaired) electrons. The first-order chi connectivity index (χ1) is 8.16. The largest absolute Gasteiger partial charge is 0.302 e. The van der Waals surface area contributed by atoms with E-state index in [1.54, 1.807) is 11.3 Å². The van der Waals surface area contributed by atoms with Crippen LogP contribution in [0, 0.1) is 6.92 Å². The van der Waals surface area contributed by atoms with Crippen LogP contribution in [0.1, 0.15) is 42.1 Å². The van der Waals surface area contributed by atoms with Gasteiger partial charge in [-0.15, -0.1) is 11.3 Å². The molecule has 1 N–H and O–H groups in total. The van der Waals surface area contributed by atoms with Gasteiger partial charge < -0.3 is 5.32 Å². The smallest absolute Gasteiger partial charge is 0.109 e. The summed E-state index contributed by atoms with van der Waals surface area (Å²) >= 11 is 1.70. The van der Waals surface area contributed by atoms with Crippen LogP contribution in [0.25, 0.3) is 0 Å². The molecular weight excluding hydrogens is 228 g/mol. The van der Waals surface area contributed by atoms with Crippen LogP contribution in [0.15, 0.2) is 35.8 Å². The van der Waals surface area contributed by atoms with Gasteiger partial charge in [0.15, 0.2) is 0 Å². The van der Waals surface area contributed by atoms with Crippen LogP contribution in [-0.2, 0) is 0 Å². The molecule has 1 unspecified atom stereocenters. The number of nitrogens with zero attached hydrogens (tertiary/aromatic N) is 1. The Morgan fingerprint density at radius 2 is 1.82 bits per heavy atom. The third kappa shape index (κ3) is 3.14. The van der Waals surface area contributed by atoms with Crippen molar-refractivity contribution >= 4 is 11.3 Å². The van der Waals surface area contributed by atoms with E-state index in [2.05, 4.69) is 55.3 Å². The third-order valence-electron chi connectivity index (χ3n) is 2.90. The molecule has 0 spiro atoms. The van der Waals surface area contributed by atoms with Gasteiger partial charge in [0.05, 0.1) is 6.04 Å². The summed E-state index contributed by atoms with van der Waals surface area (Å²) in [5.41, 5.74) is 2.62. The molecule has 2 rings (SSSR count). The van der Waals surface area contributed by atoms with Gasteiger partial charge in [0.2, 0.25) is 0 Å². The lowest BCUT2D eigenvalue weighted by molar-refractivity contribution is 0.493. The van der Waals surface area contributed by atoms with E-state index >= 15 is 0 Å². The zero-order valence-corrected chi connectivity index (χ0v) is 11.3. The molecule has 3 heteroatoms. The molecule has 0 aliphatic rings. The van der Waals surface area contributed by atoms with E-state index < -0.39 is 0 Å². The highest BCUT2D eigenvalue weighted by atomic mass is 32.1. The zero-order valence-electron chi connectivity index (χ0n) is 10.5. The Hall–Kier alpha value is -1.19. The van der Waals surface area contributed by atoms with Crippen molar-refractivity contribution in [3.05, 3.63) is 52.0 Å². The van der Waals surface area contributed by atoms with E-state index in [9.17, 15) is 0 Å². The van der Waals surface area contributed by atoms with Gasteiger partial charge in [0.1, 0.15) is 5.01 Å². The Kier molecular flexibility index (Phi) is 3.92. The number of nitrogens with one attached hydrogen (secondary N) is 1.